The number of carbonyl (C=O) groups excluding carboxylic acids is 1. The number of amides is 1. The molecule has 0 radical (unpaired) electrons. The summed E-state index contributed by atoms with van der Waals surface area (Å²) < 4.78 is 0. The highest BCUT2D eigenvalue weighted by molar-refractivity contribution is 7.81. The second-order valence-electron chi connectivity index (χ2n) is 3.41. The Balaban J connectivity index is 2.31. The third-order valence-electron chi connectivity index (χ3n) is 2.30. The van der Waals surface area contributed by atoms with Crippen molar-refractivity contribution < 1.29 is 4.79 Å². The molecule has 0 saturated heterocycles. The Hall–Kier alpha value is -0.440. The van der Waals surface area contributed by atoms with Crippen molar-refractivity contribution in [3.8, 4) is 0 Å². The highest BCUT2D eigenvalue weighted by Gasteiger charge is 2.16. The van der Waals surface area contributed by atoms with E-state index in [1.54, 1.807) is 0 Å². The molecule has 74 valence electrons. The van der Waals surface area contributed by atoms with Crippen molar-refractivity contribution in [3.63, 3.8) is 0 Å². The van der Waals surface area contributed by atoms with Gasteiger partial charge in [0, 0.05) is 6.04 Å². The van der Waals surface area contributed by atoms with Gasteiger partial charge in [0.15, 0.2) is 0 Å². The molecule has 2 nitrogen and oxygen atoms in total. The van der Waals surface area contributed by atoms with Crippen molar-refractivity contribution in [2.24, 2.45) is 0 Å². The summed E-state index contributed by atoms with van der Waals surface area (Å²) in [5.74, 6) is 0.0751. The molecule has 2 unspecified atom stereocenters. The molecule has 3 heteroatoms. The normalized spacial score (nSPS) is 24.0. The number of rotatable bonds is 3. The Morgan fingerprint density at radius 2 is 2.46 bits per heavy atom. The van der Waals surface area contributed by atoms with Crippen molar-refractivity contribution in [2.75, 3.05) is 0 Å². The maximum absolute atomic E-state index is 11.4. The highest BCUT2D eigenvalue weighted by Crippen LogP contribution is 2.11. The predicted molar refractivity (Wildman–Crippen MR) is 58.0 cm³/mol. The zero-order valence-corrected chi connectivity index (χ0v) is 8.89. The quantitative estimate of drug-likeness (QED) is 0.528. The van der Waals surface area contributed by atoms with Crippen molar-refractivity contribution in [1.82, 2.24) is 5.32 Å². The molecule has 1 aliphatic rings. The van der Waals surface area contributed by atoms with Crippen LogP contribution in [-0.2, 0) is 4.79 Å². The minimum absolute atomic E-state index is 0.0751. The number of nitrogens with one attached hydrogen (secondary N) is 1. The minimum Gasteiger partial charge on any atom is -0.352 e. The molecule has 0 bridgehead atoms. The van der Waals surface area contributed by atoms with E-state index in [0.717, 1.165) is 25.7 Å². The lowest BCUT2D eigenvalue weighted by atomic mass is 10.0. The molecule has 13 heavy (non-hydrogen) atoms. The molecular weight excluding hydrogens is 182 g/mol. The van der Waals surface area contributed by atoms with Gasteiger partial charge in [-0.2, -0.15) is 12.6 Å². The number of carbonyl (C=O) groups is 1. The molecule has 1 amide bonds. The van der Waals surface area contributed by atoms with E-state index in [9.17, 15) is 4.79 Å². The minimum atomic E-state index is -0.147. The standard InChI is InChI=1S/C10H17NOS/c1-2-9(13)10(12)11-8-6-4-3-5-7-8/h3-4,8-9,13H,2,5-7H2,1H3,(H,11,12). The maximum Gasteiger partial charge on any atom is 0.233 e. The number of hydrogen-bond acceptors (Lipinski definition) is 2. The lowest BCUT2D eigenvalue weighted by Crippen LogP contribution is -2.39. The first-order valence-electron chi connectivity index (χ1n) is 4.87. The largest absolute Gasteiger partial charge is 0.352 e. The smallest absolute Gasteiger partial charge is 0.233 e. The van der Waals surface area contributed by atoms with E-state index in [-0.39, 0.29) is 11.2 Å². The summed E-state index contributed by atoms with van der Waals surface area (Å²) in [5.41, 5.74) is 0. The molecule has 0 aliphatic heterocycles. The second kappa shape index (κ2) is 5.32. The van der Waals surface area contributed by atoms with Crippen LogP contribution in [0.2, 0.25) is 0 Å². The van der Waals surface area contributed by atoms with Crippen LogP contribution in [-0.4, -0.2) is 17.2 Å². The van der Waals surface area contributed by atoms with E-state index in [4.69, 9.17) is 0 Å². The summed E-state index contributed by atoms with van der Waals surface area (Å²) in [5, 5.41) is 2.86. The summed E-state index contributed by atoms with van der Waals surface area (Å²) in [6.45, 7) is 1.97. The fourth-order valence-electron chi connectivity index (χ4n) is 1.41. The molecule has 1 aliphatic carbocycles. The van der Waals surface area contributed by atoms with Gasteiger partial charge in [0.2, 0.25) is 5.91 Å². The van der Waals surface area contributed by atoms with Gasteiger partial charge in [-0.3, -0.25) is 4.79 Å². The fraction of sp³-hybridized carbons (Fsp3) is 0.700. The zero-order chi connectivity index (χ0) is 9.68. The molecule has 2 atom stereocenters. The van der Waals surface area contributed by atoms with Crippen LogP contribution in [0.1, 0.15) is 32.6 Å². The van der Waals surface area contributed by atoms with Gasteiger partial charge in [0.1, 0.15) is 0 Å². The summed E-state index contributed by atoms with van der Waals surface area (Å²) in [4.78, 5) is 11.4. The van der Waals surface area contributed by atoms with E-state index in [0.29, 0.717) is 6.04 Å². The van der Waals surface area contributed by atoms with Crippen molar-refractivity contribution in [3.05, 3.63) is 12.2 Å². The van der Waals surface area contributed by atoms with Crippen molar-refractivity contribution >= 4 is 18.5 Å². The van der Waals surface area contributed by atoms with Crippen LogP contribution in [0.15, 0.2) is 12.2 Å². The Labute approximate surface area is 85.2 Å². The molecule has 0 fully saturated rings. The maximum atomic E-state index is 11.4. The van der Waals surface area contributed by atoms with Gasteiger partial charge in [0.05, 0.1) is 5.25 Å². The van der Waals surface area contributed by atoms with Crippen LogP contribution < -0.4 is 5.32 Å². The molecule has 0 aromatic rings. The Bertz CT molecular complexity index is 203. The molecule has 0 saturated carbocycles. The van der Waals surface area contributed by atoms with Crippen LogP contribution in [0.4, 0.5) is 0 Å². The van der Waals surface area contributed by atoms with Gasteiger partial charge in [-0.05, 0) is 25.7 Å². The predicted octanol–water partition coefficient (Wildman–Crippen LogP) is 1.92. The monoisotopic (exact) mass is 199 g/mol. The van der Waals surface area contributed by atoms with Crippen molar-refractivity contribution in [1.29, 1.82) is 0 Å². The lowest BCUT2D eigenvalue weighted by Gasteiger charge is -2.20. The average Bonchev–Trinajstić information content (AvgIpc) is 2.18. The Kier molecular flexibility index (Phi) is 4.36. The van der Waals surface area contributed by atoms with Crippen LogP contribution in [0.25, 0.3) is 0 Å². The summed E-state index contributed by atoms with van der Waals surface area (Å²) in [7, 11) is 0. The second-order valence-corrected chi connectivity index (χ2v) is 4.04. The highest BCUT2D eigenvalue weighted by atomic mass is 32.1. The first-order chi connectivity index (χ1) is 6.24. The fourth-order valence-corrected chi connectivity index (χ4v) is 1.48. The average molecular weight is 199 g/mol. The zero-order valence-electron chi connectivity index (χ0n) is 7.99. The van der Waals surface area contributed by atoms with Crippen LogP contribution in [0.5, 0.6) is 0 Å². The topological polar surface area (TPSA) is 29.1 Å². The number of thiol groups is 1. The number of allylic oxidation sites excluding steroid dienone is 1. The Morgan fingerprint density at radius 1 is 1.69 bits per heavy atom. The van der Waals surface area contributed by atoms with E-state index in [1.165, 1.54) is 0 Å². The molecule has 0 aromatic carbocycles. The summed E-state index contributed by atoms with van der Waals surface area (Å²) >= 11 is 4.19. The van der Waals surface area contributed by atoms with E-state index in [2.05, 4.69) is 30.1 Å². The summed E-state index contributed by atoms with van der Waals surface area (Å²) in [6, 6.07) is 0.332. The molecular formula is C10H17NOS. The molecule has 0 heterocycles. The lowest BCUT2D eigenvalue weighted by molar-refractivity contribution is -0.121. The third kappa shape index (κ3) is 3.43. The SMILES string of the molecule is CCC(S)C(=O)NC1CC=CCC1. The van der Waals surface area contributed by atoms with Gasteiger partial charge in [0.25, 0.3) is 0 Å². The third-order valence-corrected chi connectivity index (χ3v) is 2.90. The number of hydrogen-bond donors (Lipinski definition) is 2. The Morgan fingerprint density at radius 3 is 3.00 bits per heavy atom. The van der Waals surface area contributed by atoms with E-state index >= 15 is 0 Å². The molecule has 0 aromatic heterocycles. The van der Waals surface area contributed by atoms with E-state index < -0.39 is 0 Å². The summed E-state index contributed by atoms with van der Waals surface area (Å²) in [6.07, 6.45) is 8.20. The van der Waals surface area contributed by atoms with Crippen molar-refractivity contribution in [2.45, 2.75) is 43.9 Å². The molecule has 1 rings (SSSR count). The molecule has 1 N–H and O–H groups in total. The van der Waals surface area contributed by atoms with Crippen LogP contribution in [0, 0.1) is 0 Å². The van der Waals surface area contributed by atoms with E-state index in [1.807, 2.05) is 6.92 Å². The van der Waals surface area contributed by atoms with Gasteiger partial charge < -0.3 is 5.32 Å². The van der Waals surface area contributed by atoms with Crippen LogP contribution >= 0.6 is 12.6 Å². The van der Waals surface area contributed by atoms with Gasteiger partial charge >= 0.3 is 0 Å². The van der Waals surface area contributed by atoms with Gasteiger partial charge in [-0.15, -0.1) is 0 Å². The van der Waals surface area contributed by atoms with Gasteiger partial charge in [-0.25, -0.2) is 0 Å². The van der Waals surface area contributed by atoms with Crippen LogP contribution in [0.3, 0.4) is 0 Å². The first-order valence-corrected chi connectivity index (χ1v) is 5.39. The first kappa shape index (κ1) is 10.6. The van der Waals surface area contributed by atoms with Gasteiger partial charge in [-0.1, -0.05) is 19.1 Å². The molecule has 0 spiro atoms.